The van der Waals surface area contributed by atoms with Gasteiger partial charge in [-0.1, -0.05) is 13.0 Å². The Kier molecular flexibility index (Phi) is 4.32. The number of nitrogens with one attached hydrogen (secondary N) is 1. The smallest absolute Gasteiger partial charge is 0.131 e. The standard InChI is InChI=1S/C15H17F2NO/c1-3-8-18-15(14-7-4-10(2)19-14)12-6-5-11(16)9-13(12)17/h4-7,9,15,18H,3,8H2,1-2H3. The molecular formula is C15H17F2NO. The zero-order valence-electron chi connectivity index (χ0n) is 11.0. The highest BCUT2D eigenvalue weighted by molar-refractivity contribution is 5.29. The molecule has 0 radical (unpaired) electrons. The molecule has 0 bridgehead atoms. The lowest BCUT2D eigenvalue weighted by Crippen LogP contribution is -2.23. The van der Waals surface area contributed by atoms with E-state index in [1.54, 1.807) is 0 Å². The highest BCUT2D eigenvalue weighted by Crippen LogP contribution is 2.26. The van der Waals surface area contributed by atoms with Gasteiger partial charge in [0.25, 0.3) is 0 Å². The van der Waals surface area contributed by atoms with Crippen molar-refractivity contribution in [1.82, 2.24) is 5.32 Å². The molecule has 0 aliphatic heterocycles. The van der Waals surface area contributed by atoms with Crippen molar-refractivity contribution in [3.05, 3.63) is 59.1 Å². The first kappa shape index (κ1) is 13.7. The summed E-state index contributed by atoms with van der Waals surface area (Å²) in [6.07, 6.45) is 0.916. The van der Waals surface area contributed by atoms with E-state index in [9.17, 15) is 8.78 Å². The molecule has 0 aliphatic carbocycles. The summed E-state index contributed by atoms with van der Waals surface area (Å²) in [4.78, 5) is 0. The van der Waals surface area contributed by atoms with Crippen LogP contribution in [0.4, 0.5) is 8.78 Å². The number of hydrogen-bond donors (Lipinski definition) is 1. The van der Waals surface area contributed by atoms with Gasteiger partial charge >= 0.3 is 0 Å². The van der Waals surface area contributed by atoms with Crippen LogP contribution in [0.25, 0.3) is 0 Å². The van der Waals surface area contributed by atoms with E-state index >= 15 is 0 Å². The second kappa shape index (κ2) is 5.97. The van der Waals surface area contributed by atoms with E-state index in [-0.39, 0.29) is 0 Å². The van der Waals surface area contributed by atoms with Gasteiger partial charge in [-0.25, -0.2) is 8.78 Å². The largest absolute Gasteiger partial charge is 0.464 e. The third-order valence-electron chi connectivity index (χ3n) is 2.92. The third-order valence-corrected chi connectivity index (χ3v) is 2.92. The van der Waals surface area contributed by atoms with Crippen molar-refractivity contribution in [2.75, 3.05) is 6.54 Å². The second-order valence-electron chi connectivity index (χ2n) is 4.50. The molecule has 19 heavy (non-hydrogen) atoms. The van der Waals surface area contributed by atoms with Crippen molar-refractivity contribution >= 4 is 0 Å². The van der Waals surface area contributed by atoms with Crippen molar-refractivity contribution in [2.45, 2.75) is 26.3 Å². The van der Waals surface area contributed by atoms with Gasteiger partial charge in [-0.05, 0) is 38.1 Å². The van der Waals surface area contributed by atoms with Crippen LogP contribution in [-0.2, 0) is 0 Å². The molecule has 1 heterocycles. The minimum Gasteiger partial charge on any atom is -0.464 e. The van der Waals surface area contributed by atoms with Gasteiger partial charge in [-0.3, -0.25) is 0 Å². The number of furan rings is 1. The van der Waals surface area contributed by atoms with Crippen molar-refractivity contribution in [1.29, 1.82) is 0 Å². The Bertz CT molecular complexity index is 551. The molecule has 0 amide bonds. The van der Waals surface area contributed by atoms with Gasteiger partial charge in [0.2, 0.25) is 0 Å². The quantitative estimate of drug-likeness (QED) is 0.885. The van der Waals surface area contributed by atoms with Crippen molar-refractivity contribution < 1.29 is 13.2 Å². The maximum Gasteiger partial charge on any atom is 0.131 e. The van der Waals surface area contributed by atoms with Crippen LogP contribution in [0.15, 0.2) is 34.7 Å². The zero-order chi connectivity index (χ0) is 13.8. The summed E-state index contributed by atoms with van der Waals surface area (Å²) >= 11 is 0. The molecule has 2 rings (SSSR count). The number of rotatable bonds is 5. The summed E-state index contributed by atoms with van der Waals surface area (Å²) in [6, 6.07) is 6.86. The van der Waals surface area contributed by atoms with E-state index in [1.807, 2.05) is 26.0 Å². The summed E-state index contributed by atoms with van der Waals surface area (Å²) in [5.74, 6) is 0.256. The van der Waals surface area contributed by atoms with Gasteiger partial charge < -0.3 is 9.73 Å². The van der Waals surface area contributed by atoms with Gasteiger partial charge in [0.15, 0.2) is 0 Å². The van der Waals surface area contributed by atoms with Crippen LogP contribution in [0.5, 0.6) is 0 Å². The summed E-state index contributed by atoms with van der Waals surface area (Å²) < 4.78 is 32.4. The van der Waals surface area contributed by atoms with Crippen LogP contribution in [0.2, 0.25) is 0 Å². The molecule has 2 nitrogen and oxygen atoms in total. The average molecular weight is 265 g/mol. The van der Waals surface area contributed by atoms with Gasteiger partial charge in [-0.2, -0.15) is 0 Å². The van der Waals surface area contributed by atoms with Crippen LogP contribution in [0.1, 0.15) is 36.5 Å². The van der Waals surface area contributed by atoms with E-state index in [0.717, 1.165) is 24.8 Å². The minimum atomic E-state index is -0.578. The summed E-state index contributed by atoms with van der Waals surface area (Å²) in [7, 11) is 0. The molecule has 0 saturated carbocycles. The molecule has 1 aromatic carbocycles. The first-order valence-electron chi connectivity index (χ1n) is 6.36. The second-order valence-corrected chi connectivity index (χ2v) is 4.50. The predicted octanol–water partition coefficient (Wildman–Crippen LogP) is 3.96. The first-order chi connectivity index (χ1) is 9.11. The van der Waals surface area contributed by atoms with Crippen molar-refractivity contribution in [3.8, 4) is 0 Å². The molecule has 102 valence electrons. The Labute approximate surface area is 111 Å². The molecule has 1 unspecified atom stereocenters. The first-order valence-corrected chi connectivity index (χ1v) is 6.36. The van der Waals surface area contributed by atoms with Crippen LogP contribution >= 0.6 is 0 Å². The SMILES string of the molecule is CCCNC(c1ccc(C)o1)c1ccc(F)cc1F. The van der Waals surface area contributed by atoms with Crippen LogP contribution in [0, 0.1) is 18.6 Å². The van der Waals surface area contributed by atoms with E-state index in [4.69, 9.17) is 4.42 Å². The topological polar surface area (TPSA) is 25.2 Å². The fourth-order valence-electron chi connectivity index (χ4n) is 2.00. The lowest BCUT2D eigenvalue weighted by Gasteiger charge is -2.17. The highest BCUT2D eigenvalue weighted by Gasteiger charge is 2.20. The van der Waals surface area contributed by atoms with Crippen LogP contribution < -0.4 is 5.32 Å². The van der Waals surface area contributed by atoms with Gasteiger partial charge in [-0.15, -0.1) is 0 Å². The highest BCUT2D eigenvalue weighted by atomic mass is 19.1. The molecule has 0 saturated heterocycles. The van der Waals surface area contributed by atoms with E-state index in [2.05, 4.69) is 5.32 Å². The number of benzene rings is 1. The number of hydrogen-bond acceptors (Lipinski definition) is 2. The molecular weight excluding hydrogens is 248 g/mol. The molecule has 1 N–H and O–H groups in total. The monoisotopic (exact) mass is 265 g/mol. The van der Waals surface area contributed by atoms with Gasteiger partial charge in [0.1, 0.15) is 23.2 Å². The van der Waals surface area contributed by atoms with Gasteiger partial charge in [0, 0.05) is 11.6 Å². The van der Waals surface area contributed by atoms with E-state index < -0.39 is 17.7 Å². The maximum atomic E-state index is 13.9. The van der Waals surface area contributed by atoms with E-state index in [1.165, 1.54) is 12.1 Å². The Hall–Kier alpha value is -1.68. The molecule has 0 fully saturated rings. The summed E-state index contributed by atoms with van der Waals surface area (Å²) in [5.41, 5.74) is 0.393. The Morgan fingerprint density at radius 3 is 2.58 bits per heavy atom. The Morgan fingerprint density at radius 1 is 1.21 bits per heavy atom. The number of aryl methyl sites for hydroxylation is 1. The minimum absolute atomic E-state index is 0.393. The number of halogens is 2. The molecule has 1 aromatic heterocycles. The molecule has 1 atom stereocenters. The van der Waals surface area contributed by atoms with Crippen molar-refractivity contribution in [3.63, 3.8) is 0 Å². The predicted molar refractivity (Wildman–Crippen MR) is 69.9 cm³/mol. The average Bonchev–Trinajstić information content (AvgIpc) is 2.78. The van der Waals surface area contributed by atoms with Crippen LogP contribution in [0.3, 0.4) is 0 Å². The maximum absolute atomic E-state index is 13.9. The fraction of sp³-hybridized carbons (Fsp3) is 0.333. The molecule has 2 aromatic rings. The van der Waals surface area contributed by atoms with Gasteiger partial charge in [0.05, 0.1) is 6.04 Å². The fourth-order valence-corrected chi connectivity index (χ4v) is 2.00. The molecule has 0 spiro atoms. The van der Waals surface area contributed by atoms with Crippen molar-refractivity contribution in [2.24, 2.45) is 0 Å². The Morgan fingerprint density at radius 2 is 2.00 bits per heavy atom. The lowest BCUT2D eigenvalue weighted by atomic mass is 10.0. The summed E-state index contributed by atoms with van der Waals surface area (Å²) in [6.45, 7) is 4.58. The molecule has 4 heteroatoms. The van der Waals surface area contributed by atoms with E-state index in [0.29, 0.717) is 11.3 Å². The Balaban J connectivity index is 2.36. The van der Waals surface area contributed by atoms with Crippen LogP contribution in [-0.4, -0.2) is 6.54 Å². The lowest BCUT2D eigenvalue weighted by molar-refractivity contribution is 0.421. The zero-order valence-corrected chi connectivity index (χ0v) is 11.0. The molecule has 0 aliphatic rings. The normalized spacial score (nSPS) is 12.6. The summed E-state index contributed by atoms with van der Waals surface area (Å²) in [5, 5.41) is 3.22. The third kappa shape index (κ3) is 3.20.